The molecule has 1 amide bonds. The van der Waals surface area contributed by atoms with Gasteiger partial charge in [-0.05, 0) is 25.0 Å². The number of carbonyl (C=O) groups excluding carboxylic acids is 1. The summed E-state index contributed by atoms with van der Waals surface area (Å²) in [4.78, 5) is 12.2. The predicted octanol–water partition coefficient (Wildman–Crippen LogP) is 2.91. The summed E-state index contributed by atoms with van der Waals surface area (Å²) in [5.41, 5.74) is 1.71. The SMILES string of the molecule is O=C(NC1CCCCC1)C1=Cc2ccccc2OC1. The first kappa shape index (κ1) is 12.3. The maximum Gasteiger partial charge on any atom is 0.250 e. The maximum atomic E-state index is 12.2. The van der Waals surface area contributed by atoms with Gasteiger partial charge in [0.05, 0.1) is 5.57 Å². The number of hydrogen-bond donors (Lipinski definition) is 1. The van der Waals surface area contributed by atoms with Crippen LogP contribution in [0.4, 0.5) is 0 Å². The molecule has 3 rings (SSSR count). The van der Waals surface area contributed by atoms with E-state index in [1.165, 1.54) is 19.3 Å². The second-order valence-corrected chi connectivity index (χ2v) is 5.30. The Balaban J connectivity index is 1.69. The molecule has 1 aromatic rings. The minimum Gasteiger partial charge on any atom is -0.488 e. The summed E-state index contributed by atoms with van der Waals surface area (Å²) in [5.74, 6) is 0.887. The summed E-state index contributed by atoms with van der Waals surface area (Å²) in [6.07, 6.45) is 7.90. The average Bonchev–Trinajstić information content (AvgIpc) is 2.48. The van der Waals surface area contributed by atoms with Crippen LogP contribution in [0.5, 0.6) is 5.75 Å². The molecule has 1 N–H and O–H groups in total. The molecule has 2 aliphatic rings. The van der Waals surface area contributed by atoms with Gasteiger partial charge < -0.3 is 10.1 Å². The van der Waals surface area contributed by atoms with E-state index in [9.17, 15) is 4.79 Å². The lowest BCUT2D eigenvalue weighted by atomic mass is 9.95. The van der Waals surface area contributed by atoms with Crippen LogP contribution >= 0.6 is 0 Å². The number of hydrogen-bond acceptors (Lipinski definition) is 2. The van der Waals surface area contributed by atoms with Crippen LogP contribution in [0.15, 0.2) is 29.8 Å². The third-order valence-electron chi connectivity index (χ3n) is 3.86. The zero-order chi connectivity index (χ0) is 13.1. The molecule has 19 heavy (non-hydrogen) atoms. The molecule has 1 fully saturated rings. The van der Waals surface area contributed by atoms with Crippen molar-refractivity contribution in [2.45, 2.75) is 38.1 Å². The van der Waals surface area contributed by atoms with Gasteiger partial charge in [0.1, 0.15) is 12.4 Å². The van der Waals surface area contributed by atoms with Gasteiger partial charge in [0.25, 0.3) is 5.91 Å². The summed E-state index contributed by atoms with van der Waals surface area (Å²) < 4.78 is 5.62. The minimum atomic E-state index is 0.0291. The van der Waals surface area contributed by atoms with Crippen molar-refractivity contribution in [3.05, 3.63) is 35.4 Å². The molecule has 1 saturated carbocycles. The third-order valence-corrected chi connectivity index (χ3v) is 3.86. The van der Waals surface area contributed by atoms with E-state index in [2.05, 4.69) is 5.32 Å². The van der Waals surface area contributed by atoms with Crippen molar-refractivity contribution in [3.63, 3.8) is 0 Å². The van der Waals surface area contributed by atoms with Crippen molar-refractivity contribution < 1.29 is 9.53 Å². The van der Waals surface area contributed by atoms with Crippen molar-refractivity contribution in [2.75, 3.05) is 6.61 Å². The zero-order valence-electron chi connectivity index (χ0n) is 11.0. The normalized spacial score (nSPS) is 19.1. The number of nitrogens with one attached hydrogen (secondary N) is 1. The van der Waals surface area contributed by atoms with E-state index in [0.29, 0.717) is 12.6 Å². The van der Waals surface area contributed by atoms with Gasteiger partial charge in [0.15, 0.2) is 0 Å². The van der Waals surface area contributed by atoms with Crippen LogP contribution in [-0.4, -0.2) is 18.6 Å². The van der Waals surface area contributed by atoms with E-state index in [0.717, 1.165) is 29.7 Å². The molecule has 0 spiro atoms. The van der Waals surface area contributed by atoms with Gasteiger partial charge in [-0.3, -0.25) is 4.79 Å². The number of para-hydroxylation sites is 1. The van der Waals surface area contributed by atoms with Crippen molar-refractivity contribution in [3.8, 4) is 5.75 Å². The first-order valence-corrected chi connectivity index (χ1v) is 7.06. The molecular weight excluding hydrogens is 238 g/mol. The number of fused-ring (bicyclic) bond motifs is 1. The van der Waals surface area contributed by atoms with Crippen LogP contribution in [0.1, 0.15) is 37.7 Å². The number of rotatable bonds is 2. The summed E-state index contributed by atoms with van der Waals surface area (Å²) >= 11 is 0. The fraction of sp³-hybridized carbons (Fsp3) is 0.438. The molecule has 3 heteroatoms. The third kappa shape index (κ3) is 2.80. The molecule has 0 unspecified atom stereocenters. The van der Waals surface area contributed by atoms with Gasteiger partial charge in [-0.1, -0.05) is 37.5 Å². The lowest BCUT2D eigenvalue weighted by Gasteiger charge is -2.24. The van der Waals surface area contributed by atoms with Crippen LogP contribution in [-0.2, 0) is 4.79 Å². The van der Waals surface area contributed by atoms with Crippen LogP contribution < -0.4 is 10.1 Å². The minimum absolute atomic E-state index is 0.0291. The molecule has 1 aliphatic carbocycles. The first-order valence-electron chi connectivity index (χ1n) is 7.06. The fourth-order valence-electron chi connectivity index (χ4n) is 2.77. The van der Waals surface area contributed by atoms with E-state index >= 15 is 0 Å². The lowest BCUT2D eigenvalue weighted by Crippen LogP contribution is -2.38. The van der Waals surface area contributed by atoms with Gasteiger partial charge >= 0.3 is 0 Å². The molecular formula is C16H19NO2. The van der Waals surface area contributed by atoms with Gasteiger partial charge in [0, 0.05) is 11.6 Å². The second-order valence-electron chi connectivity index (χ2n) is 5.30. The van der Waals surface area contributed by atoms with Crippen molar-refractivity contribution in [1.29, 1.82) is 0 Å². The van der Waals surface area contributed by atoms with Gasteiger partial charge in [-0.15, -0.1) is 0 Å². The Hall–Kier alpha value is -1.77. The van der Waals surface area contributed by atoms with E-state index < -0.39 is 0 Å². The number of benzene rings is 1. The molecule has 1 aliphatic heterocycles. The molecule has 0 atom stereocenters. The van der Waals surface area contributed by atoms with E-state index in [1.54, 1.807) is 0 Å². The highest BCUT2D eigenvalue weighted by Crippen LogP contribution is 2.26. The Labute approximate surface area is 113 Å². The van der Waals surface area contributed by atoms with Crippen LogP contribution in [0.25, 0.3) is 6.08 Å². The van der Waals surface area contributed by atoms with E-state index in [4.69, 9.17) is 4.74 Å². The highest BCUT2D eigenvalue weighted by atomic mass is 16.5. The van der Waals surface area contributed by atoms with Crippen LogP contribution in [0.2, 0.25) is 0 Å². The summed E-state index contributed by atoms with van der Waals surface area (Å²) in [6.45, 7) is 0.371. The lowest BCUT2D eigenvalue weighted by molar-refractivity contribution is -0.118. The Morgan fingerprint density at radius 2 is 1.95 bits per heavy atom. The molecule has 0 aromatic heterocycles. The Bertz CT molecular complexity index is 501. The highest BCUT2D eigenvalue weighted by Gasteiger charge is 2.20. The number of amides is 1. The molecule has 3 nitrogen and oxygen atoms in total. The maximum absolute atomic E-state index is 12.2. The molecule has 1 aromatic carbocycles. The highest BCUT2D eigenvalue weighted by molar-refractivity contribution is 5.99. The molecule has 0 bridgehead atoms. The van der Waals surface area contributed by atoms with Crippen LogP contribution in [0, 0.1) is 0 Å². The van der Waals surface area contributed by atoms with Crippen LogP contribution in [0.3, 0.4) is 0 Å². The monoisotopic (exact) mass is 257 g/mol. The summed E-state index contributed by atoms with van der Waals surface area (Å²) in [6, 6.07) is 8.16. The van der Waals surface area contributed by atoms with Crippen molar-refractivity contribution in [1.82, 2.24) is 5.32 Å². The molecule has 0 saturated heterocycles. The molecule has 100 valence electrons. The number of ether oxygens (including phenoxy) is 1. The van der Waals surface area contributed by atoms with Gasteiger partial charge in [0.2, 0.25) is 0 Å². The summed E-state index contributed by atoms with van der Waals surface area (Å²) in [5, 5.41) is 3.13. The topological polar surface area (TPSA) is 38.3 Å². The van der Waals surface area contributed by atoms with Crippen molar-refractivity contribution in [2.24, 2.45) is 0 Å². The standard InChI is InChI=1S/C16H19NO2/c18-16(17-14-7-2-1-3-8-14)13-10-12-6-4-5-9-15(12)19-11-13/h4-6,9-10,14H,1-3,7-8,11H2,(H,17,18). The average molecular weight is 257 g/mol. The Morgan fingerprint density at radius 1 is 1.16 bits per heavy atom. The molecule has 0 radical (unpaired) electrons. The summed E-state index contributed by atoms with van der Waals surface area (Å²) in [7, 11) is 0. The van der Waals surface area contributed by atoms with E-state index in [1.807, 2.05) is 30.3 Å². The first-order chi connectivity index (χ1) is 9.33. The van der Waals surface area contributed by atoms with Crippen molar-refractivity contribution >= 4 is 12.0 Å². The number of carbonyl (C=O) groups is 1. The molecule has 1 heterocycles. The van der Waals surface area contributed by atoms with Gasteiger partial charge in [-0.2, -0.15) is 0 Å². The Morgan fingerprint density at radius 3 is 2.79 bits per heavy atom. The predicted molar refractivity (Wildman–Crippen MR) is 74.9 cm³/mol. The fourth-order valence-corrected chi connectivity index (χ4v) is 2.77. The Kier molecular flexibility index (Phi) is 3.53. The second kappa shape index (κ2) is 5.47. The smallest absolute Gasteiger partial charge is 0.250 e. The quantitative estimate of drug-likeness (QED) is 0.884. The largest absolute Gasteiger partial charge is 0.488 e. The van der Waals surface area contributed by atoms with Gasteiger partial charge in [-0.25, -0.2) is 0 Å². The van der Waals surface area contributed by atoms with E-state index in [-0.39, 0.29) is 5.91 Å². The zero-order valence-corrected chi connectivity index (χ0v) is 11.0.